The van der Waals surface area contributed by atoms with Gasteiger partial charge in [-0.3, -0.25) is 14.5 Å². The largest absolute Gasteiger partial charge is 0.471 e. The number of nitrogens with zero attached hydrogens (tertiary/aromatic N) is 1. The summed E-state index contributed by atoms with van der Waals surface area (Å²) in [4.78, 5) is 64.1. The minimum atomic E-state index is -5.13. The normalized spacial score (nSPS) is 23.4. The zero-order chi connectivity index (χ0) is 36.5. The van der Waals surface area contributed by atoms with Gasteiger partial charge in [0.1, 0.15) is 23.2 Å². The number of hydrogen-bond acceptors (Lipinski definition) is 9. The number of carbonyl (C=O) groups excluding carboxylic acids is 5. The van der Waals surface area contributed by atoms with E-state index in [-0.39, 0.29) is 44.9 Å². The Balaban J connectivity index is 1.94. The Morgan fingerprint density at radius 1 is 1.06 bits per heavy atom. The number of halogens is 3. The number of β-amino-alcohol motifs (C(OH)–C–C–N with tert-alkyl or cyclic N) is 1. The van der Waals surface area contributed by atoms with Gasteiger partial charge in [0.15, 0.2) is 0 Å². The number of allylic oxidation sites excluding steroid dienone is 1. The van der Waals surface area contributed by atoms with Crippen LogP contribution in [0, 0.1) is 5.92 Å². The lowest BCUT2D eigenvalue weighted by Gasteiger charge is -2.29. The molecule has 1 saturated heterocycles. The highest BCUT2D eigenvalue weighted by molar-refractivity contribution is 6.76. The van der Waals surface area contributed by atoms with Crippen molar-refractivity contribution in [2.45, 2.75) is 134 Å². The summed E-state index contributed by atoms with van der Waals surface area (Å²) in [5.74, 6) is -4.68. The van der Waals surface area contributed by atoms with E-state index >= 15 is 0 Å². The van der Waals surface area contributed by atoms with Crippen LogP contribution in [0.5, 0.6) is 0 Å². The molecule has 1 heterocycles. The van der Waals surface area contributed by atoms with Crippen molar-refractivity contribution < 1.29 is 56.5 Å². The molecule has 1 aliphatic carbocycles. The van der Waals surface area contributed by atoms with E-state index < -0.39 is 73.4 Å². The molecule has 3 amide bonds. The van der Waals surface area contributed by atoms with Crippen LogP contribution in [0.1, 0.15) is 72.6 Å². The van der Waals surface area contributed by atoms with Gasteiger partial charge in [0, 0.05) is 20.4 Å². The maximum absolute atomic E-state index is 13.3. The van der Waals surface area contributed by atoms with Gasteiger partial charge in [-0.2, -0.15) is 13.2 Å². The molecule has 12 nitrogen and oxygen atoms in total. The van der Waals surface area contributed by atoms with Crippen LogP contribution in [0.4, 0.5) is 18.0 Å². The van der Waals surface area contributed by atoms with E-state index in [1.165, 1.54) is 0 Å². The number of aliphatic hydroxyl groups excluding tert-OH is 1. The molecular weight excluding hydrogens is 655 g/mol. The third kappa shape index (κ3) is 13.0. The molecule has 0 unspecified atom stereocenters. The summed E-state index contributed by atoms with van der Waals surface area (Å²) in [5.41, 5.74) is -2.13. The standard InChI is InChI=1S/C32H52F3N3O9Si/c1-8-45-28(43)31(37-25(40)24-18-22(39)20-38(24)29(44)47-30(2,3)4)19-21(31)14-12-10-9-11-13-15-23(36-27(42)32(33,34)35)26(41)46-16-17-48(5,6)7/h12,14,21-24,39H,8-11,13,15-20H2,1-7H3,(H,36,42)(H,37,40)/t21-,22-,23+,24+,31-/m1/s1. The van der Waals surface area contributed by atoms with Crippen molar-refractivity contribution in [2.75, 3.05) is 19.8 Å². The van der Waals surface area contributed by atoms with Crippen molar-refractivity contribution in [3.63, 3.8) is 0 Å². The van der Waals surface area contributed by atoms with E-state index in [4.69, 9.17) is 14.2 Å². The number of carbonyl (C=O) groups is 5. The molecule has 0 aromatic rings. The SMILES string of the molecule is CCOC(=O)[C@@]1(NC(=O)[C@@H]2C[C@@H](O)CN2C(=O)OC(C)(C)C)C[C@H]1C=CCCCCC[C@H](NC(=O)C(F)(F)F)C(=O)OCC[Si](C)(C)C. The van der Waals surface area contributed by atoms with Gasteiger partial charge in [0.05, 0.1) is 25.9 Å². The van der Waals surface area contributed by atoms with E-state index in [1.807, 2.05) is 6.08 Å². The van der Waals surface area contributed by atoms with E-state index in [0.717, 1.165) is 4.90 Å². The lowest BCUT2D eigenvalue weighted by atomic mass is 10.1. The van der Waals surface area contributed by atoms with Crippen LogP contribution >= 0.6 is 0 Å². The number of likely N-dealkylation sites (tertiary alicyclic amines) is 1. The second kappa shape index (κ2) is 17.0. The first-order valence-electron chi connectivity index (χ1n) is 16.5. The Labute approximate surface area is 281 Å². The number of rotatable bonds is 16. The molecule has 2 fully saturated rings. The van der Waals surface area contributed by atoms with Gasteiger partial charge < -0.3 is 30.0 Å². The quantitative estimate of drug-likeness (QED) is 0.0702. The van der Waals surface area contributed by atoms with Gasteiger partial charge in [-0.05, 0) is 59.4 Å². The average Bonchev–Trinajstić information content (AvgIpc) is 3.48. The van der Waals surface area contributed by atoms with Crippen LogP contribution in [0.3, 0.4) is 0 Å². The summed E-state index contributed by atoms with van der Waals surface area (Å²) in [6, 6.07) is -1.81. The Hall–Kier alpha value is -3.14. The van der Waals surface area contributed by atoms with E-state index in [0.29, 0.717) is 31.7 Å². The van der Waals surface area contributed by atoms with Gasteiger partial charge in [0.25, 0.3) is 0 Å². The zero-order valence-electron chi connectivity index (χ0n) is 29.0. The molecule has 1 saturated carbocycles. The topological polar surface area (TPSA) is 161 Å². The number of alkyl halides is 3. The van der Waals surface area contributed by atoms with E-state index in [9.17, 15) is 42.3 Å². The van der Waals surface area contributed by atoms with Crippen molar-refractivity contribution >= 4 is 37.9 Å². The second-order valence-corrected chi connectivity index (χ2v) is 20.2. The van der Waals surface area contributed by atoms with Gasteiger partial charge in [-0.25, -0.2) is 14.4 Å². The average molecular weight is 708 g/mol. The van der Waals surface area contributed by atoms with Crippen LogP contribution in [-0.2, 0) is 33.4 Å². The highest BCUT2D eigenvalue weighted by Crippen LogP contribution is 2.46. The predicted octanol–water partition coefficient (Wildman–Crippen LogP) is 4.23. The number of esters is 2. The highest BCUT2D eigenvalue weighted by atomic mass is 28.3. The van der Waals surface area contributed by atoms with Crippen molar-refractivity contribution in [3.8, 4) is 0 Å². The van der Waals surface area contributed by atoms with Gasteiger partial charge in [0.2, 0.25) is 5.91 Å². The number of aliphatic hydroxyl groups is 1. The summed E-state index contributed by atoms with van der Waals surface area (Å²) in [7, 11) is -1.54. The third-order valence-electron chi connectivity index (χ3n) is 7.89. The van der Waals surface area contributed by atoms with Crippen LogP contribution < -0.4 is 10.6 Å². The lowest BCUT2D eigenvalue weighted by Crippen LogP contribution is -2.54. The smallest absolute Gasteiger partial charge is 0.464 e. The minimum Gasteiger partial charge on any atom is -0.464 e. The molecule has 16 heteroatoms. The maximum Gasteiger partial charge on any atom is 0.471 e. The molecule has 5 atom stereocenters. The monoisotopic (exact) mass is 707 g/mol. The Bertz CT molecular complexity index is 1190. The number of unbranched alkanes of at least 4 members (excludes halogenated alkanes) is 3. The molecule has 0 bridgehead atoms. The van der Waals surface area contributed by atoms with Gasteiger partial charge in [-0.15, -0.1) is 0 Å². The van der Waals surface area contributed by atoms with Crippen molar-refractivity contribution in [2.24, 2.45) is 5.92 Å². The summed E-state index contributed by atoms with van der Waals surface area (Å²) < 4.78 is 54.3. The van der Waals surface area contributed by atoms with Gasteiger partial charge >= 0.3 is 30.1 Å². The molecule has 3 N–H and O–H groups in total. The van der Waals surface area contributed by atoms with Crippen molar-refractivity contribution in [1.82, 2.24) is 15.5 Å². The minimum absolute atomic E-state index is 0.0125. The van der Waals surface area contributed by atoms with Crippen LogP contribution in [0.15, 0.2) is 12.2 Å². The van der Waals surface area contributed by atoms with Crippen molar-refractivity contribution in [1.29, 1.82) is 0 Å². The van der Waals surface area contributed by atoms with Crippen LogP contribution in [0.2, 0.25) is 25.7 Å². The number of amides is 3. The molecule has 0 aromatic heterocycles. The molecule has 274 valence electrons. The summed E-state index contributed by atoms with van der Waals surface area (Å²) in [5, 5.41) is 14.7. The molecule has 48 heavy (non-hydrogen) atoms. The lowest BCUT2D eigenvalue weighted by molar-refractivity contribution is -0.176. The predicted molar refractivity (Wildman–Crippen MR) is 172 cm³/mol. The highest BCUT2D eigenvalue weighted by Gasteiger charge is 2.62. The van der Waals surface area contributed by atoms with Gasteiger partial charge in [-0.1, -0.05) is 44.6 Å². The molecule has 0 spiro atoms. The molecule has 2 rings (SSSR count). The summed E-state index contributed by atoms with van der Waals surface area (Å²) in [6.07, 6.45) is -0.894. The molecule has 1 aliphatic heterocycles. The maximum atomic E-state index is 13.3. The molecular formula is C32H52F3N3O9Si. The second-order valence-electron chi connectivity index (χ2n) is 14.6. The van der Waals surface area contributed by atoms with E-state index in [2.05, 4.69) is 25.0 Å². The molecule has 0 radical (unpaired) electrons. The summed E-state index contributed by atoms with van der Waals surface area (Å²) >= 11 is 0. The van der Waals surface area contributed by atoms with Crippen LogP contribution in [0.25, 0.3) is 0 Å². The number of ether oxygens (including phenoxy) is 3. The first kappa shape index (κ1) is 41.0. The molecule has 0 aromatic carbocycles. The Morgan fingerprint density at radius 2 is 1.73 bits per heavy atom. The van der Waals surface area contributed by atoms with Crippen molar-refractivity contribution in [3.05, 3.63) is 12.2 Å². The molecule has 2 aliphatic rings. The first-order valence-corrected chi connectivity index (χ1v) is 20.2. The fourth-order valence-corrected chi connectivity index (χ4v) is 5.91. The Morgan fingerprint density at radius 3 is 2.31 bits per heavy atom. The third-order valence-corrected chi connectivity index (χ3v) is 9.59. The first-order chi connectivity index (χ1) is 22.1. The van der Waals surface area contributed by atoms with Crippen LogP contribution in [-0.4, -0.2) is 103 Å². The number of nitrogens with one attached hydrogen (secondary N) is 2. The van der Waals surface area contributed by atoms with E-state index in [1.54, 1.807) is 39.1 Å². The zero-order valence-corrected chi connectivity index (χ0v) is 30.0. The number of hydrogen-bond donors (Lipinski definition) is 3. The fraction of sp³-hybridized carbons (Fsp3) is 0.781. The fourth-order valence-electron chi connectivity index (χ4n) is 5.19. The summed E-state index contributed by atoms with van der Waals surface area (Å²) in [6.45, 7) is 13.0. The Kier molecular flexibility index (Phi) is 14.5.